The number of rotatable bonds is 6. The largest absolute Gasteiger partial charge is 0.336 e. The van der Waals surface area contributed by atoms with E-state index in [1.54, 1.807) is 17.3 Å². The Hall–Kier alpha value is -3.01. The summed E-state index contributed by atoms with van der Waals surface area (Å²) in [6.07, 6.45) is 3.51. The summed E-state index contributed by atoms with van der Waals surface area (Å²) in [7, 11) is -4.08. The van der Waals surface area contributed by atoms with Crippen molar-refractivity contribution in [2.75, 3.05) is 30.9 Å². The molecule has 1 aliphatic heterocycles. The van der Waals surface area contributed by atoms with Crippen molar-refractivity contribution in [1.29, 1.82) is 0 Å². The molecular formula is C23H22ClFN4O3S. The molecule has 1 N–H and O–H groups in total. The van der Waals surface area contributed by atoms with Gasteiger partial charge in [0.15, 0.2) is 0 Å². The van der Waals surface area contributed by atoms with Gasteiger partial charge in [-0.15, -0.1) is 0 Å². The van der Waals surface area contributed by atoms with Crippen molar-refractivity contribution in [1.82, 2.24) is 14.8 Å². The monoisotopic (exact) mass is 488 g/mol. The number of hydrogen-bond acceptors (Lipinski definition) is 5. The first-order valence-corrected chi connectivity index (χ1v) is 12.2. The fraction of sp³-hybridized carbons (Fsp3) is 0.217. The maximum Gasteiger partial charge on any atom is 0.263 e. The number of amides is 1. The molecule has 0 unspecified atom stereocenters. The van der Waals surface area contributed by atoms with Crippen LogP contribution in [-0.4, -0.2) is 55.3 Å². The zero-order valence-electron chi connectivity index (χ0n) is 17.6. The molecule has 1 saturated heterocycles. The van der Waals surface area contributed by atoms with E-state index in [-0.39, 0.29) is 27.1 Å². The SMILES string of the molecule is O=C(c1ccc(Cl)c(S(=O)(=O)Nc2ccc(F)cc2)c1)N1CCN(Cc2ccncc2)CC1. The Kier molecular flexibility index (Phi) is 6.92. The summed E-state index contributed by atoms with van der Waals surface area (Å²) < 4.78 is 41.2. The highest BCUT2D eigenvalue weighted by atomic mass is 35.5. The minimum Gasteiger partial charge on any atom is -0.336 e. The smallest absolute Gasteiger partial charge is 0.263 e. The molecule has 0 radical (unpaired) electrons. The average Bonchev–Trinajstić information content (AvgIpc) is 2.81. The number of carbonyl (C=O) groups excluding carboxylic acids is 1. The molecule has 10 heteroatoms. The van der Waals surface area contributed by atoms with E-state index in [2.05, 4.69) is 14.6 Å². The Balaban J connectivity index is 1.44. The fourth-order valence-electron chi connectivity index (χ4n) is 3.61. The summed E-state index contributed by atoms with van der Waals surface area (Å²) in [6.45, 7) is 3.26. The third-order valence-electron chi connectivity index (χ3n) is 5.38. The van der Waals surface area contributed by atoms with Crippen LogP contribution in [0.4, 0.5) is 10.1 Å². The van der Waals surface area contributed by atoms with E-state index >= 15 is 0 Å². The van der Waals surface area contributed by atoms with Gasteiger partial charge in [-0.25, -0.2) is 12.8 Å². The number of aromatic nitrogens is 1. The van der Waals surface area contributed by atoms with Crippen LogP contribution in [0.2, 0.25) is 5.02 Å². The fourth-order valence-corrected chi connectivity index (χ4v) is 5.19. The second-order valence-corrected chi connectivity index (χ2v) is 9.74. The van der Waals surface area contributed by atoms with Crippen LogP contribution >= 0.6 is 11.6 Å². The molecule has 3 aromatic rings. The van der Waals surface area contributed by atoms with Gasteiger partial charge in [0.2, 0.25) is 0 Å². The number of piperazine rings is 1. The summed E-state index contributed by atoms with van der Waals surface area (Å²) in [4.78, 5) is 20.8. The number of nitrogens with zero attached hydrogens (tertiary/aromatic N) is 3. The quantitative estimate of drug-likeness (QED) is 0.573. The highest BCUT2D eigenvalue weighted by molar-refractivity contribution is 7.92. The molecule has 1 aliphatic rings. The summed E-state index contributed by atoms with van der Waals surface area (Å²) in [5, 5.41) is -0.0108. The minimum absolute atomic E-state index is 0.0108. The van der Waals surface area contributed by atoms with Crippen LogP contribution in [0.15, 0.2) is 71.9 Å². The number of anilines is 1. The first kappa shape index (κ1) is 23.2. The molecule has 0 atom stereocenters. The van der Waals surface area contributed by atoms with Crippen molar-refractivity contribution in [2.45, 2.75) is 11.4 Å². The zero-order valence-corrected chi connectivity index (χ0v) is 19.2. The van der Waals surface area contributed by atoms with Gasteiger partial charge in [-0.1, -0.05) is 11.6 Å². The molecule has 0 bridgehead atoms. The summed E-state index contributed by atoms with van der Waals surface area (Å²) in [5.41, 5.74) is 1.59. The van der Waals surface area contributed by atoms with Crippen molar-refractivity contribution in [3.63, 3.8) is 0 Å². The van der Waals surface area contributed by atoms with Gasteiger partial charge in [0.05, 0.1) is 5.02 Å². The molecule has 1 fully saturated rings. The first-order chi connectivity index (χ1) is 15.8. The molecule has 4 rings (SSSR count). The Morgan fingerprint density at radius 3 is 2.33 bits per heavy atom. The van der Waals surface area contributed by atoms with E-state index in [1.165, 1.54) is 30.3 Å². The highest BCUT2D eigenvalue weighted by Crippen LogP contribution is 2.26. The van der Waals surface area contributed by atoms with Gasteiger partial charge in [-0.2, -0.15) is 0 Å². The van der Waals surface area contributed by atoms with Crippen molar-refractivity contribution >= 4 is 33.2 Å². The number of benzene rings is 2. The highest BCUT2D eigenvalue weighted by Gasteiger charge is 2.25. The van der Waals surface area contributed by atoms with Gasteiger partial charge in [-0.05, 0) is 60.2 Å². The number of hydrogen-bond donors (Lipinski definition) is 1. The van der Waals surface area contributed by atoms with Crippen LogP contribution in [0, 0.1) is 5.82 Å². The van der Waals surface area contributed by atoms with Crippen molar-refractivity contribution in [3.8, 4) is 0 Å². The Bertz CT molecular complexity index is 1230. The van der Waals surface area contributed by atoms with Gasteiger partial charge in [-0.3, -0.25) is 19.4 Å². The maximum absolute atomic E-state index is 13.1. The molecule has 7 nitrogen and oxygen atoms in total. The van der Waals surface area contributed by atoms with E-state index in [4.69, 9.17) is 11.6 Å². The zero-order chi connectivity index (χ0) is 23.4. The van der Waals surface area contributed by atoms with E-state index in [9.17, 15) is 17.6 Å². The lowest BCUT2D eigenvalue weighted by Gasteiger charge is -2.34. The molecule has 2 heterocycles. The van der Waals surface area contributed by atoms with E-state index in [0.717, 1.165) is 24.2 Å². The Morgan fingerprint density at radius 2 is 1.67 bits per heavy atom. The second kappa shape index (κ2) is 9.86. The Morgan fingerprint density at radius 1 is 1.00 bits per heavy atom. The molecule has 0 spiro atoms. The first-order valence-electron chi connectivity index (χ1n) is 10.3. The number of pyridine rings is 1. The van der Waals surface area contributed by atoms with E-state index < -0.39 is 15.8 Å². The van der Waals surface area contributed by atoms with Gasteiger partial charge >= 0.3 is 0 Å². The molecule has 1 aromatic heterocycles. The predicted octanol–water partition coefficient (Wildman–Crippen LogP) is 3.63. The number of nitrogens with one attached hydrogen (secondary N) is 1. The van der Waals surface area contributed by atoms with Crippen molar-refractivity contribution in [2.24, 2.45) is 0 Å². The normalized spacial score (nSPS) is 14.8. The molecular weight excluding hydrogens is 467 g/mol. The number of halogens is 2. The lowest BCUT2D eigenvalue weighted by atomic mass is 10.1. The van der Waals surface area contributed by atoms with E-state index in [0.29, 0.717) is 26.2 Å². The van der Waals surface area contributed by atoms with Crippen LogP contribution in [-0.2, 0) is 16.6 Å². The second-order valence-electron chi connectivity index (χ2n) is 7.68. The molecule has 2 aromatic carbocycles. The van der Waals surface area contributed by atoms with E-state index in [1.807, 2.05) is 12.1 Å². The van der Waals surface area contributed by atoms with Crippen LogP contribution in [0.3, 0.4) is 0 Å². The number of sulfonamides is 1. The average molecular weight is 489 g/mol. The minimum atomic E-state index is -4.08. The summed E-state index contributed by atoms with van der Waals surface area (Å²) in [5.74, 6) is -0.738. The van der Waals surface area contributed by atoms with Gasteiger partial charge < -0.3 is 4.90 Å². The topological polar surface area (TPSA) is 82.6 Å². The predicted molar refractivity (Wildman–Crippen MR) is 124 cm³/mol. The molecule has 1 amide bonds. The standard InChI is InChI=1S/C23H22ClFN4O3S/c24-21-6-1-18(15-22(21)33(31,32)27-20-4-2-19(25)3-5-20)23(30)29-13-11-28(12-14-29)16-17-7-9-26-10-8-17/h1-10,15,27H,11-14,16H2. The lowest BCUT2D eigenvalue weighted by Crippen LogP contribution is -2.48. The summed E-state index contributed by atoms with van der Waals surface area (Å²) in [6, 6.07) is 13.0. The van der Waals surface area contributed by atoms with Crippen LogP contribution in [0.1, 0.15) is 15.9 Å². The lowest BCUT2D eigenvalue weighted by molar-refractivity contribution is 0.0628. The number of carbonyl (C=O) groups is 1. The van der Waals surface area contributed by atoms with Crippen molar-refractivity contribution in [3.05, 3.63) is 89.0 Å². The molecule has 0 aliphatic carbocycles. The van der Waals surface area contributed by atoms with Crippen molar-refractivity contribution < 1.29 is 17.6 Å². The van der Waals surface area contributed by atoms with Gasteiger partial charge in [0.1, 0.15) is 10.7 Å². The molecule has 172 valence electrons. The molecule has 33 heavy (non-hydrogen) atoms. The summed E-state index contributed by atoms with van der Waals surface area (Å²) >= 11 is 6.14. The third kappa shape index (κ3) is 5.68. The van der Waals surface area contributed by atoms with Gasteiger partial charge in [0, 0.05) is 56.4 Å². The maximum atomic E-state index is 13.1. The molecule has 0 saturated carbocycles. The van der Waals surface area contributed by atoms with Crippen LogP contribution in [0.25, 0.3) is 0 Å². The van der Waals surface area contributed by atoms with Crippen LogP contribution in [0.5, 0.6) is 0 Å². The third-order valence-corrected chi connectivity index (χ3v) is 7.24. The Labute approximate surface area is 196 Å². The van der Waals surface area contributed by atoms with Crippen LogP contribution < -0.4 is 4.72 Å². The van der Waals surface area contributed by atoms with Gasteiger partial charge in [0.25, 0.3) is 15.9 Å².